The Bertz CT molecular complexity index is 442. The summed E-state index contributed by atoms with van der Waals surface area (Å²) in [5, 5.41) is 0.193. The van der Waals surface area contributed by atoms with Crippen LogP contribution in [0.5, 0.6) is 0 Å². The molecule has 2 nitrogen and oxygen atoms in total. The maximum Gasteiger partial charge on any atom is 0.0665 e. The van der Waals surface area contributed by atoms with Crippen molar-refractivity contribution in [3.63, 3.8) is 0 Å². The number of nitrogens with two attached hydrogens (primary N) is 1. The van der Waals surface area contributed by atoms with Gasteiger partial charge in [-0.25, -0.2) is 0 Å². The number of nitrogens with zero attached hydrogens (tertiary/aromatic N) is 1. The second kappa shape index (κ2) is 5.84. The predicted octanol–water partition coefficient (Wildman–Crippen LogP) is 3.26. The molecule has 3 heteroatoms. The zero-order valence-electron chi connectivity index (χ0n) is 9.78. The third-order valence-electron chi connectivity index (χ3n) is 2.46. The van der Waals surface area contributed by atoms with E-state index in [-0.39, 0.29) is 11.3 Å². The molecule has 0 saturated heterocycles. The minimum Gasteiger partial charge on any atom is -0.327 e. The summed E-state index contributed by atoms with van der Waals surface area (Å²) in [5.74, 6) is 0. The minimum absolute atomic E-state index is 0.0649. The molecule has 0 bridgehead atoms. The van der Waals surface area contributed by atoms with Crippen LogP contribution < -0.4 is 5.73 Å². The number of pyridine rings is 1. The molecule has 1 aromatic carbocycles. The molecule has 0 radical (unpaired) electrons. The van der Waals surface area contributed by atoms with Crippen molar-refractivity contribution in [3.8, 4) is 0 Å². The van der Waals surface area contributed by atoms with Crippen LogP contribution in [0.3, 0.4) is 0 Å². The third kappa shape index (κ3) is 3.32. The first kappa shape index (κ1) is 12.1. The molecule has 2 unspecified atom stereocenters. The van der Waals surface area contributed by atoms with Crippen molar-refractivity contribution in [2.75, 3.05) is 0 Å². The van der Waals surface area contributed by atoms with E-state index in [1.807, 2.05) is 49.5 Å². The van der Waals surface area contributed by atoms with Gasteiger partial charge in [0.05, 0.1) is 10.9 Å². The summed E-state index contributed by atoms with van der Waals surface area (Å²) in [5.41, 5.74) is 7.09. The van der Waals surface area contributed by atoms with Crippen molar-refractivity contribution in [1.82, 2.24) is 4.98 Å². The van der Waals surface area contributed by atoms with Crippen molar-refractivity contribution in [2.45, 2.75) is 23.1 Å². The van der Waals surface area contributed by atoms with Gasteiger partial charge in [0, 0.05) is 17.1 Å². The SMILES string of the molecule is CC(N)C(Sc1ccccc1)c1ccccn1. The summed E-state index contributed by atoms with van der Waals surface area (Å²) in [4.78, 5) is 5.62. The molecule has 0 amide bonds. The molecule has 0 saturated carbocycles. The van der Waals surface area contributed by atoms with E-state index in [1.54, 1.807) is 11.8 Å². The topological polar surface area (TPSA) is 38.9 Å². The number of hydrogen-bond acceptors (Lipinski definition) is 3. The molecule has 0 spiro atoms. The molecule has 0 fully saturated rings. The molecular formula is C14H16N2S. The molecule has 1 aromatic heterocycles. The lowest BCUT2D eigenvalue weighted by atomic mass is 10.2. The van der Waals surface area contributed by atoms with Gasteiger partial charge in [-0.15, -0.1) is 11.8 Å². The van der Waals surface area contributed by atoms with E-state index >= 15 is 0 Å². The van der Waals surface area contributed by atoms with Crippen LogP contribution in [0, 0.1) is 0 Å². The smallest absolute Gasteiger partial charge is 0.0665 e. The Labute approximate surface area is 106 Å². The molecular weight excluding hydrogens is 228 g/mol. The van der Waals surface area contributed by atoms with E-state index < -0.39 is 0 Å². The molecule has 0 aliphatic carbocycles. The summed E-state index contributed by atoms with van der Waals surface area (Å²) in [7, 11) is 0. The highest BCUT2D eigenvalue weighted by Gasteiger charge is 2.18. The maximum absolute atomic E-state index is 6.06. The van der Waals surface area contributed by atoms with Gasteiger partial charge in [-0.2, -0.15) is 0 Å². The van der Waals surface area contributed by atoms with Gasteiger partial charge in [-0.05, 0) is 31.2 Å². The van der Waals surface area contributed by atoms with Gasteiger partial charge in [-0.3, -0.25) is 4.98 Å². The summed E-state index contributed by atoms with van der Waals surface area (Å²) >= 11 is 1.76. The molecule has 0 aliphatic rings. The highest BCUT2D eigenvalue weighted by molar-refractivity contribution is 7.99. The van der Waals surface area contributed by atoms with Gasteiger partial charge in [0.2, 0.25) is 0 Å². The van der Waals surface area contributed by atoms with Gasteiger partial charge >= 0.3 is 0 Å². The minimum atomic E-state index is 0.0649. The molecule has 2 aromatic rings. The van der Waals surface area contributed by atoms with Crippen LogP contribution in [0.25, 0.3) is 0 Å². The highest BCUT2D eigenvalue weighted by atomic mass is 32.2. The Kier molecular flexibility index (Phi) is 4.18. The van der Waals surface area contributed by atoms with E-state index in [9.17, 15) is 0 Å². The van der Waals surface area contributed by atoms with E-state index in [1.165, 1.54) is 4.90 Å². The summed E-state index contributed by atoms with van der Waals surface area (Å²) in [6, 6.07) is 16.3. The quantitative estimate of drug-likeness (QED) is 0.839. The summed E-state index contributed by atoms with van der Waals surface area (Å²) in [6.45, 7) is 2.02. The fraction of sp³-hybridized carbons (Fsp3) is 0.214. The van der Waals surface area contributed by atoms with Gasteiger partial charge in [0.15, 0.2) is 0 Å². The van der Waals surface area contributed by atoms with Crippen molar-refractivity contribution in [3.05, 3.63) is 60.4 Å². The second-order valence-electron chi connectivity index (χ2n) is 3.97. The Morgan fingerprint density at radius 2 is 1.76 bits per heavy atom. The molecule has 17 heavy (non-hydrogen) atoms. The first-order chi connectivity index (χ1) is 8.27. The lowest BCUT2D eigenvalue weighted by molar-refractivity contribution is 0.705. The molecule has 1 heterocycles. The van der Waals surface area contributed by atoms with Crippen molar-refractivity contribution in [1.29, 1.82) is 0 Å². The van der Waals surface area contributed by atoms with E-state index in [0.29, 0.717) is 0 Å². The summed E-state index contributed by atoms with van der Waals surface area (Å²) in [6.07, 6.45) is 1.82. The van der Waals surface area contributed by atoms with Crippen LogP contribution in [0.4, 0.5) is 0 Å². The molecule has 0 aliphatic heterocycles. The normalized spacial score (nSPS) is 14.2. The van der Waals surface area contributed by atoms with Gasteiger partial charge in [0.25, 0.3) is 0 Å². The molecule has 2 N–H and O–H groups in total. The fourth-order valence-corrected chi connectivity index (χ4v) is 2.71. The summed E-state index contributed by atoms with van der Waals surface area (Å²) < 4.78 is 0. The van der Waals surface area contributed by atoms with Crippen LogP contribution in [0.1, 0.15) is 17.9 Å². The number of thioether (sulfide) groups is 1. The van der Waals surface area contributed by atoms with Crippen molar-refractivity contribution in [2.24, 2.45) is 5.73 Å². The van der Waals surface area contributed by atoms with Crippen LogP contribution in [-0.4, -0.2) is 11.0 Å². The van der Waals surface area contributed by atoms with Crippen LogP contribution in [0.2, 0.25) is 0 Å². The highest BCUT2D eigenvalue weighted by Crippen LogP contribution is 2.35. The zero-order valence-corrected chi connectivity index (χ0v) is 10.6. The van der Waals surface area contributed by atoms with Gasteiger partial charge < -0.3 is 5.73 Å². The Hall–Kier alpha value is -1.32. The van der Waals surface area contributed by atoms with Crippen molar-refractivity contribution >= 4 is 11.8 Å². The molecule has 2 rings (SSSR count). The van der Waals surface area contributed by atoms with E-state index in [0.717, 1.165) is 5.69 Å². The second-order valence-corrected chi connectivity index (χ2v) is 5.18. The number of benzene rings is 1. The number of rotatable bonds is 4. The van der Waals surface area contributed by atoms with Crippen LogP contribution in [-0.2, 0) is 0 Å². The van der Waals surface area contributed by atoms with Crippen molar-refractivity contribution < 1.29 is 0 Å². The standard InChI is InChI=1S/C14H16N2S/c1-11(15)14(13-9-5-6-10-16-13)17-12-7-3-2-4-8-12/h2-11,14H,15H2,1H3. The lowest BCUT2D eigenvalue weighted by Crippen LogP contribution is -2.23. The first-order valence-electron chi connectivity index (χ1n) is 5.65. The average Bonchev–Trinajstić information content (AvgIpc) is 2.38. The van der Waals surface area contributed by atoms with E-state index in [2.05, 4.69) is 17.1 Å². The average molecular weight is 244 g/mol. The third-order valence-corrected chi connectivity index (χ3v) is 3.93. The number of aromatic nitrogens is 1. The van der Waals surface area contributed by atoms with E-state index in [4.69, 9.17) is 5.73 Å². The maximum atomic E-state index is 6.06. The lowest BCUT2D eigenvalue weighted by Gasteiger charge is -2.19. The van der Waals surface area contributed by atoms with Crippen LogP contribution >= 0.6 is 11.8 Å². The molecule has 88 valence electrons. The largest absolute Gasteiger partial charge is 0.327 e. The van der Waals surface area contributed by atoms with Gasteiger partial charge in [-0.1, -0.05) is 24.3 Å². The molecule has 2 atom stereocenters. The fourth-order valence-electron chi connectivity index (χ4n) is 1.63. The Morgan fingerprint density at radius 1 is 1.06 bits per heavy atom. The Morgan fingerprint density at radius 3 is 2.35 bits per heavy atom. The van der Waals surface area contributed by atoms with Crippen LogP contribution in [0.15, 0.2) is 59.6 Å². The Balaban J connectivity index is 2.20. The number of hydrogen-bond donors (Lipinski definition) is 1. The monoisotopic (exact) mass is 244 g/mol. The zero-order chi connectivity index (χ0) is 12.1. The van der Waals surface area contributed by atoms with Gasteiger partial charge in [0.1, 0.15) is 0 Å². The predicted molar refractivity (Wildman–Crippen MR) is 72.9 cm³/mol. The first-order valence-corrected chi connectivity index (χ1v) is 6.53.